The highest BCUT2D eigenvalue weighted by molar-refractivity contribution is 5.95. The van der Waals surface area contributed by atoms with Gasteiger partial charge in [-0.15, -0.1) is 0 Å². The van der Waals surface area contributed by atoms with Gasteiger partial charge < -0.3 is 14.7 Å². The molecule has 2 aromatic rings. The number of aromatic amines is 1. The van der Waals surface area contributed by atoms with Gasteiger partial charge in [-0.3, -0.25) is 9.89 Å². The van der Waals surface area contributed by atoms with Crippen molar-refractivity contribution in [2.75, 3.05) is 26.3 Å². The number of aryl methyl sites for hydroxylation is 1. The summed E-state index contributed by atoms with van der Waals surface area (Å²) in [4.78, 5) is 14.6. The Labute approximate surface area is 141 Å². The molecule has 0 spiro atoms. The molecule has 1 atom stereocenters. The number of hydrogen-bond donors (Lipinski definition) is 2. The first-order valence-electron chi connectivity index (χ1n) is 8.28. The lowest BCUT2D eigenvalue weighted by atomic mass is 9.93. The first kappa shape index (κ1) is 16.7. The van der Waals surface area contributed by atoms with Crippen molar-refractivity contribution in [3.05, 3.63) is 53.3 Å². The highest BCUT2D eigenvalue weighted by Crippen LogP contribution is 2.24. The molecule has 0 radical (unpaired) electrons. The predicted molar refractivity (Wildman–Crippen MR) is 89.8 cm³/mol. The molecule has 0 unspecified atom stereocenters. The van der Waals surface area contributed by atoms with Crippen molar-refractivity contribution in [3.63, 3.8) is 0 Å². The molecule has 2 heterocycles. The molecule has 1 amide bonds. The van der Waals surface area contributed by atoms with E-state index < -0.39 is 5.60 Å². The van der Waals surface area contributed by atoms with Crippen molar-refractivity contribution < 1.29 is 14.6 Å². The Morgan fingerprint density at radius 1 is 1.42 bits per heavy atom. The van der Waals surface area contributed by atoms with Crippen LogP contribution < -0.4 is 0 Å². The SMILES string of the molecule is CCc1[nH]ncc1C(=O)N1CCO[C@](CO)(Cc2ccccc2)C1. The third kappa shape index (κ3) is 3.34. The molecule has 128 valence electrons. The summed E-state index contributed by atoms with van der Waals surface area (Å²) in [5.41, 5.74) is 1.76. The summed E-state index contributed by atoms with van der Waals surface area (Å²) in [6.45, 7) is 3.16. The van der Waals surface area contributed by atoms with Crippen LogP contribution in [0.4, 0.5) is 0 Å². The van der Waals surface area contributed by atoms with Crippen molar-refractivity contribution in [1.82, 2.24) is 15.1 Å². The maximum absolute atomic E-state index is 12.8. The van der Waals surface area contributed by atoms with Crippen LogP contribution in [0.15, 0.2) is 36.5 Å². The molecule has 1 aliphatic heterocycles. The van der Waals surface area contributed by atoms with Crippen molar-refractivity contribution in [2.45, 2.75) is 25.4 Å². The Balaban J connectivity index is 1.78. The van der Waals surface area contributed by atoms with Crippen molar-refractivity contribution in [3.8, 4) is 0 Å². The summed E-state index contributed by atoms with van der Waals surface area (Å²) in [7, 11) is 0. The Bertz CT molecular complexity index is 686. The van der Waals surface area contributed by atoms with Gasteiger partial charge in [0.25, 0.3) is 5.91 Å². The van der Waals surface area contributed by atoms with Crippen LogP contribution in [0, 0.1) is 0 Å². The number of ether oxygens (including phenoxy) is 1. The summed E-state index contributed by atoms with van der Waals surface area (Å²) in [6, 6.07) is 9.90. The maximum atomic E-state index is 12.8. The van der Waals surface area contributed by atoms with Gasteiger partial charge in [-0.2, -0.15) is 5.10 Å². The molecule has 0 aliphatic carbocycles. The van der Waals surface area contributed by atoms with Crippen molar-refractivity contribution in [2.24, 2.45) is 0 Å². The average Bonchev–Trinajstić information content (AvgIpc) is 3.11. The lowest BCUT2D eigenvalue weighted by Gasteiger charge is -2.42. The summed E-state index contributed by atoms with van der Waals surface area (Å²) < 4.78 is 5.91. The second-order valence-corrected chi connectivity index (χ2v) is 6.19. The van der Waals surface area contributed by atoms with E-state index in [1.807, 2.05) is 37.3 Å². The van der Waals surface area contributed by atoms with E-state index in [0.29, 0.717) is 31.7 Å². The summed E-state index contributed by atoms with van der Waals surface area (Å²) in [5.74, 6) is -0.0604. The number of H-pyrrole nitrogens is 1. The fraction of sp³-hybridized carbons (Fsp3) is 0.444. The number of carbonyl (C=O) groups excluding carboxylic acids is 1. The number of amides is 1. The number of nitrogens with zero attached hydrogens (tertiary/aromatic N) is 2. The number of aliphatic hydroxyl groups excluding tert-OH is 1. The lowest BCUT2D eigenvalue weighted by Crippen LogP contribution is -2.56. The zero-order chi connectivity index (χ0) is 17.0. The third-order valence-electron chi connectivity index (χ3n) is 4.50. The van der Waals surface area contributed by atoms with Gasteiger partial charge in [0.05, 0.1) is 31.5 Å². The molecule has 1 aromatic heterocycles. The van der Waals surface area contributed by atoms with Crippen LogP contribution in [-0.4, -0.2) is 58.0 Å². The zero-order valence-electron chi connectivity index (χ0n) is 13.9. The molecule has 0 saturated carbocycles. The largest absolute Gasteiger partial charge is 0.393 e. The molecule has 24 heavy (non-hydrogen) atoms. The quantitative estimate of drug-likeness (QED) is 0.869. The minimum Gasteiger partial charge on any atom is -0.393 e. The number of benzene rings is 1. The first-order chi connectivity index (χ1) is 11.7. The second kappa shape index (κ2) is 7.15. The van der Waals surface area contributed by atoms with Gasteiger partial charge in [-0.25, -0.2) is 0 Å². The van der Waals surface area contributed by atoms with E-state index in [1.165, 1.54) is 0 Å². The number of rotatable bonds is 5. The number of aromatic nitrogens is 2. The minimum atomic E-state index is -0.759. The summed E-state index contributed by atoms with van der Waals surface area (Å²) in [6.07, 6.45) is 2.87. The fourth-order valence-corrected chi connectivity index (χ4v) is 3.18. The molecular formula is C18H23N3O3. The van der Waals surface area contributed by atoms with E-state index in [4.69, 9.17) is 4.74 Å². The topological polar surface area (TPSA) is 78.5 Å². The van der Waals surface area contributed by atoms with Gasteiger partial charge in [-0.05, 0) is 12.0 Å². The van der Waals surface area contributed by atoms with Gasteiger partial charge in [0.1, 0.15) is 5.60 Å². The smallest absolute Gasteiger partial charge is 0.257 e. The number of carbonyl (C=O) groups is 1. The normalized spacial score (nSPS) is 21.0. The van der Waals surface area contributed by atoms with Crippen LogP contribution in [0.25, 0.3) is 0 Å². The Morgan fingerprint density at radius 2 is 2.21 bits per heavy atom. The van der Waals surface area contributed by atoms with Crippen LogP contribution in [0.3, 0.4) is 0 Å². The predicted octanol–water partition coefficient (Wildman–Crippen LogP) is 1.42. The van der Waals surface area contributed by atoms with E-state index in [0.717, 1.165) is 17.7 Å². The van der Waals surface area contributed by atoms with Crippen LogP contribution >= 0.6 is 0 Å². The van der Waals surface area contributed by atoms with Crippen molar-refractivity contribution >= 4 is 5.91 Å². The highest BCUT2D eigenvalue weighted by Gasteiger charge is 2.38. The molecule has 1 aromatic carbocycles. The molecule has 1 saturated heterocycles. The number of aliphatic hydroxyl groups is 1. The Morgan fingerprint density at radius 3 is 2.92 bits per heavy atom. The zero-order valence-corrected chi connectivity index (χ0v) is 13.9. The lowest BCUT2D eigenvalue weighted by molar-refractivity contribution is -0.123. The molecule has 1 fully saturated rings. The van der Waals surface area contributed by atoms with Gasteiger partial charge in [0.15, 0.2) is 0 Å². The van der Waals surface area contributed by atoms with Crippen LogP contribution in [-0.2, 0) is 17.6 Å². The number of hydrogen-bond acceptors (Lipinski definition) is 4. The highest BCUT2D eigenvalue weighted by atomic mass is 16.5. The van der Waals surface area contributed by atoms with E-state index in [1.54, 1.807) is 11.1 Å². The maximum Gasteiger partial charge on any atom is 0.257 e. The van der Waals surface area contributed by atoms with Gasteiger partial charge in [-0.1, -0.05) is 37.3 Å². The molecule has 1 aliphatic rings. The summed E-state index contributed by atoms with van der Waals surface area (Å²) >= 11 is 0. The number of morpholine rings is 1. The monoisotopic (exact) mass is 329 g/mol. The minimum absolute atomic E-state index is 0.0604. The van der Waals surface area contributed by atoms with E-state index in [-0.39, 0.29) is 12.5 Å². The van der Waals surface area contributed by atoms with Crippen LogP contribution in [0.5, 0.6) is 0 Å². The average molecular weight is 329 g/mol. The van der Waals surface area contributed by atoms with Gasteiger partial charge in [0.2, 0.25) is 0 Å². The Kier molecular flexibility index (Phi) is 4.97. The van der Waals surface area contributed by atoms with Crippen LogP contribution in [0.1, 0.15) is 28.5 Å². The van der Waals surface area contributed by atoms with E-state index >= 15 is 0 Å². The molecular weight excluding hydrogens is 306 g/mol. The first-order valence-corrected chi connectivity index (χ1v) is 8.28. The van der Waals surface area contributed by atoms with Crippen molar-refractivity contribution in [1.29, 1.82) is 0 Å². The molecule has 0 bridgehead atoms. The molecule has 6 nitrogen and oxygen atoms in total. The molecule has 3 rings (SSSR count). The number of nitrogens with one attached hydrogen (secondary N) is 1. The van der Waals surface area contributed by atoms with E-state index in [9.17, 15) is 9.90 Å². The van der Waals surface area contributed by atoms with E-state index in [2.05, 4.69) is 10.2 Å². The fourth-order valence-electron chi connectivity index (χ4n) is 3.18. The standard InChI is InChI=1S/C18H23N3O3/c1-2-16-15(11-19-20-16)17(23)21-8-9-24-18(12-21,13-22)10-14-6-4-3-5-7-14/h3-7,11,22H,2,8-10,12-13H2,1H3,(H,19,20)/t18-/m1/s1. The second-order valence-electron chi connectivity index (χ2n) is 6.19. The molecule has 6 heteroatoms. The molecule has 2 N–H and O–H groups in total. The third-order valence-corrected chi connectivity index (χ3v) is 4.50. The van der Waals surface area contributed by atoms with Gasteiger partial charge in [0, 0.05) is 18.7 Å². The Hall–Kier alpha value is -2.18. The van der Waals surface area contributed by atoms with Crippen LogP contribution in [0.2, 0.25) is 0 Å². The van der Waals surface area contributed by atoms with Gasteiger partial charge >= 0.3 is 0 Å². The summed E-state index contributed by atoms with van der Waals surface area (Å²) in [5, 5.41) is 16.8.